The van der Waals surface area contributed by atoms with Crippen molar-refractivity contribution in [2.75, 3.05) is 29.9 Å². The van der Waals surface area contributed by atoms with Crippen molar-refractivity contribution in [2.45, 2.75) is 60.1 Å². The molecule has 2 saturated carbocycles. The molecule has 2 aliphatic carbocycles. The minimum absolute atomic E-state index is 0.00695. The number of hydrogen-bond donors (Lipinski definition) is 2. The quantitative estimate of drug-likeness (QED) is 0.625. The van der Waals surface area contributed by atoms with Crippen LogP contribution in [-0.4, -0.2) is 49.8 Å². The molecule has 2 N–H and O–H groups in total. The zero-order chi connectivity index (χ0) is 23.7. The van der Waals surface area contributed by atoms with Gasteiger partial charge in [-0.2, -0.15) is 13.8 Å². The number of aliphatic hydroxyl groups excluding tert-OH is 1. The zero-order valence-corrected chi connectivity index (χ0v) is 20.2. The molecule has 0 amide bonds. The molecule has 10 heteroatoms. The lowest BCUT2D eigenvalue weighted by Crippen LogP contribution is -2.49. The summed E-state index contributed by atoms with van der Waals surface area (Å²) >= 11 is 6.08. The molecular weight excluding hydrogens is 482 g/mol. The summed E-state index contributed by atoms with van der Waals surface area (Å²) in [5.74, 6) is 1.87. The van der Waals surface area contributed by atoms with E-state index in [1.807, 2.05) is 12.1 Å². The van der Waals surface area contributed by atoms with Crippen LogP contribution in [-0.2, 0) is 17.2 Å². The van der Waals surface area contributed by atoms with E-state index in [-0.39, 0.29) is 23.0 Å². The van der Waals surface area contributed by atoms with Crippen LogP contribution in [0.2, 0.25) is 5.02 Å². The van der Waals surface area contributed by atoms with Gasteiger partial charge in [0, 0.05) is 18.1 Å². The Morgan fingerprint density at radius 2 is 1.82 bits per heavy atom. The lowest BCUT2D eigenvalue weighted by molar-refractivity contribution is 0.104. The van der Waals surface area contributed by atoms with Crippen LogP contribution in [0.5, 0.6) is 0 Å². The Labute approximate surface area is 204 Å². The summed E-state index contributed by atoms with van der Waals surface area (Å²) in [7, 11) is -2.51. The van der Waals surface area contributed by atoms with Gasteiger partial charge in [0.25, 0.3) is 0 Å². The lowest BCUT2D eigenvalue weighted by Gasteiger charge is -2.42. The van der Waals surface area contributed by atoms with Crippen molar-refractivity contribution >= 4 is 34.2 Å². The predicted octanol–water partition coefficient (Wildman–Crippen LogP) is 4.34. The number of halogens is 3. The second-order valence-electron chi connectivity index (χ2n) is 10.2. The SMILES string of the molecule is O=[S@@]1c2c(nc(N3CC4CCC(C3)C4c3ccc(Cl)cc3)nc2NC2(CO)CCC2)CC1(F)F. The Kier molecular flexibility index (Phi) is 5.39. The third kappa shape index (κ3) is 3.62. The Morgan fingerprint density at radius 1 is 1.15 bits per heavy atom. The molecule has 0 spiro atoms. The topological polar surface area (TPSA) is 78.4 Å². The van der Waals surface area contributed by atoms with Crippen molar-refractivity contribution in [1.82, 2.24) is 9.97 Å². The highest BCUT2D eigenvalue weighted by atomic mass is 35.5. The largest absolute Gasteiger partial charge is 0.394 e. The van der Waals surface area contributed by atoms with Gasteiger partial charge >= 0.3 is 5.25 Å². The van der Waals surface area contributed by atoms with E-state index in [0.717, 1.165) is 50.2 Å². The highest BCUT2D eigenvalue weighted by Gasteiger charge is 2.51. The van der Waals surface area contributed by atoms with Gasteiger partial charge < -0.3 is 15.3 Å². The van der Waals surface area contributed by atoms with E-state index < -0.39 is 28.0 Å². The van der Waals surface area contributed by atoms with Gasteiger partial charge in [-0.05, 0) is 67.6 Å². The Balaban J connectivity index is 1.32. The van der Waals surface area contributed by atoms with Gasteiger partial charge in [-0.1, -0.05) is 23.7 Å². The first kappa shape index (κ1) is 22.6. The van der Waals surface area contributed by atoms with Crippen molar-refractivity contribution in [2.24, 2.45) is 11.8 Å². The molecule has 2 aliphatic heterocycles. The number of aliphatic hydroxyl groups is 1. The van der Waals surface area contributed by atoms with Gasteiger partial charge in [-0.25, -0.2) is 9.19 Å². The summed E-state index contributed by atoms with van der Waals surface area (Å²) in [5, 5.41) is 10.5. The zero-order valence-electron chi connectivity index (χ0n) is 18.6. The first-order valence-corrected chi connectivity index (χ1v) is 13.4. The van der Waals surface area contributed by atoms with E-state index in [0.29, 0.717) is 23.7 Å². The van der Waals surface area contributed by atoms with Crippen LogP contribution >= 0.6 is 11.6 Å². The minimum atomic E-state index is -3.36. The van der Waals surface area contributed by atoms with Gasteiger partial charge in [-0.3, -0.25) is 0 Å². The molecule has 182 valence electrons. The van der Waals surface area contributed by atoms with Gasteiger partial charge in [0.2, 0.25) is 5.95 Å². The van der Waals surface area contributed by atoms with Gasteiger partial charge in [-0.15, -0.1) is 0 Å². The van der Waals surface area contributed by atoms with Crippen LogP contribution in [0.15, 0.2) is 29.2 Å². The smallest absolute Gasteiger partial charge is 0.331 e. The Bertz CT molecular complexity index is 1130. The molecule has 1 saturated heterocycles. The van der Waals surface area contributed by atoms with Crippen LogP contribution in [0.1, 0.15) is 49.3 Å². The number of rotatable bonds is 5. The molecule has 4 aliphatic rings. The van der Waals surface area contributed by atoms with E-state index >= 15 is 0 Å². The maximum atomic E-state index is 14.4. The highest BCUT2D eigenvalue weighted by Crippen LogP contribution is 2.49. The van der Waals surface area contributed by atoms with Crippen molar-refractivity contribution in [3.63, 3.8) is 0 Å². The lowest BCUT2D eigenvalue weighted by atomic mass is 9.77. The molecule has 2 unspecified atom stereocenters. The van der Waals surface area contributed by atoms with E-state index in [1.54, 1.807) is 0 Å². The van der Waals surface area contributed by atoms with Crippen LogP contribution in [0.25, 0.3) is 0 Å². The van der Waals surface area contributed by atoms with Crippen LogP contribution < -0.4 is 10.2 Å². The summed E-state index contributed by atoms with van der Waals surface area (Å²) in [6, 6.07) is 8.07. The normalized spacial score (nSPS) is 30.6. The molecule has 3 fully saturated rings. The fourth-order valence-electron chi connectivity index (χ4n) is 6.23. The molecule has 1 aromatic carbocycles. The molecule has 6 rings (SSSR count). The van der Waals surface area contributed by atoms with Gasteiger partial charge in [0.15, 0.2) is 0 Å². The standard InChI is InChI=1S/C24H27ClF2N4O2S/c25-17-6-4-14(5-7-17)19-15-2-3-16(19)12-31(11-15)22-28-18-10-24(26,27)34(33)20(18)21(29-22)30-23(13-32)8-1-9-23/h4-7,15-16,19,32H,1-3,8-13H2,(H,28,29,30)/t15?,16?,19?,34-/m1/s1. The second kappa shape index (κ2) is 8.10. The van der Waals surface area contributed by atoms with E-state index in [9.17, 15) is 18.1 Å². The van der Waals surface area contributed by atoms with Crippen LogP contribution in [0.4, 0.5) is 20.5 Å². The number of alkyl halides is 2. The Morgan fingerprint density at radius 3 is 2.41 bits per heavy atom. The molecule has 2 bridgehead atoms. The van der Waals surface area contributed by atoms with Crippen LogP contribution in [0.3, 0.4) is 0 Å². The fraction of sp³-hybridized carbons (Fsp3) is 0.583. The summed E-state index contributed by atoms with van der Waals surface area (Å²) in [6.07, 6.45) is 3.92. The summed E-state index contributed by atoms with van der Waals surface area (Å²) in [4.78, 5) is 11.3. The average molecular weight is 509 g/mol. The number of fused-ring (bicyclic) bond motifs is 3. The molecule has 2 aromatic rings. The van der Waals surface area contributed by atoms with Crippen LogP contribution in [0, 0.1) is 11.8 Å². The molecule has 3 heterocycles. The third-order valence-electron chi connectivity index (χ3n) is 8.12. The average Bonchev–Trinajstić information content (AvgIpc) is 3.18. The first-order chi connectivity index (χ1) is 16.3. The number of nitrogens with one attached hydrogen (secondary N) is 1. The van der Waals surface area contributed by atoms with Crippen molar-refractivity contribution < 1.29 is 18.1 Å². The van der Waals surface area contributed by atoms with Crippen molar-refractivity contribution in [1.29, 1.82) is 0 Å². The number of piperidine rings is 1. The number of hydrogen-bond acceptors (Lipinski definition) is 6. The molecule has 3 atom stereocenters. The first-order valence-electron chi connectivity index (χ1n) is 11.9. The van der Waals surface area contributed by atoms with E-state index in [4.69, 9.17) is 11.6 Å². The number of anilines is 2. The maximum absolute atomic E-state index is 14.4. The molecule has 1 aromatic heterocycles. The highest BCUT2D eigenvalue weighted by molar-refractivity contribution is 7.86. The second-order valence-corrected chi connectivity index (χ2v) is 12.2. The monoisotopic (exact) mass is 508 g/mol. The molecule has 0 radical (unpaired) electrons. The Hall–Kier alpha value is -1.84. The van der Waals surface area contributed by atoms with Gasteiger partial charge in [0.1, 0.15) is 21.5 Å². The third-order valence-corrected chi connectivity index (χ3v) is 9.86. The summed E-state index contributed by atoms with van der Waals surface area (Å²) in [5.41, 5.74) is 0.844. The molecule has 6 nitrogen and oxygen atoms in total. The fourth-order valence-corrected chi connectivity index (χ4v) is 7.52. The van der Waals surface area contributed by atoms with E-state index in [2.05, 4.69) is 32.3 Å². The van der Waals surface area contributed by atoms with Crippen molar-refractivity contribution in [3.05, 3.63) is 40.5 Å². The summed E-state index contributed by atoms with van der Waals surface area (Å²) < 4.78 is 41.5. The summed E-state index contributed by atoms with van der Waals surface area (Å²) in [6.45, 7) is 1.36. The van der Waals surface area contributed by atoms with Gasteiger partial charge in [0.05, 0.1) is 24.3 Å². The van der Waals surface area contributed by atoms with Crippen molar-refractivity contribution in [3.8, 4) is 0 Å². The van der Waals surface area contributed by atoms with E-state index in [1.165, 1.54) is 5.56 Å². The number of nitrogens with zero attached hydrogens (tertiary/aromatic N) is 3. The number of benzene rings is 1. The molecule has 34 heavy (non-hydrogen) atoms. The molecular formula is C24H27ClF2N4O2S. The minimum Gasteiger partial charge on any atom is -0.394 e. The maximum Gasteiger partial charge on any atom is 0.331 e. The number of aromatic nitrogens is 2. The predicted molar refractivity (Wildman–Crippen MR) is 127 cm³/mol.